The Bertz CT molecular complexity index is 523. The lowest BCUT2D eigenvalue weighted by atomic mass is 9.98. The standard InChI is InChI=1S/C16H20N2O2/c1-12(15-8-5-9-20-15)18-16(19)14(11-17)10-13-6-3-2-4-7-13/h2-9,12,14H,10-11,17H2,1H3,(H,18,19). The third-order valence-corrected chi connectivity index (χ3v) is 3.31. The van der Waals surface area contributed by atoms with E-state index in [9.17, 15) is 4.79 Å². The highest BCUT2D eigenvalue weighted by atomic mass is 16.3. The van der Waals surface area contributed by atoms with Crippen molar-refractivity contribution in [2.75, 3.05) is 6.54 Å². The maximum Gasteiger partial charge on any atom is 0.225 e. The number of hydrogen-bond donors (Lipinski definition) is 2. The molecule has 4 nitrogen and oxygen atoms in total. The number of nitrogens with one attached hydrogen (secondary N) is 1. The van der Waals surface area contributed by atoms with Crippen LogP contribution in [-0.4, -0.2) is 12.5 Å². The Labute approximate surface area is 119 Å². The summed E-state index contributed by atoms with van der Waals surface area (Å²) < 4.78 is 5.28. The molecule has 0 fully saturated rings. The number of furan rings is 1. The molecule has 0 aliphatic heterocycles. The lowest BCUT2D eigenvalue weighted by Gasteiger charge is -2.18. The van der Waals surface area contributed by atoms with Gasteiger partial charge in [0, 0.05) is 6.54 Å². The molecule has 106 valence electrons. The van der Waals surface area contributed by atoms with Crippen LogP contribution in [-0.2, 0) is 11.2 Å². The van der Waals surface area contributed by atoms with Gasteiger partial charge in [0.2, 0.25) is 5.91 Å². The molecule has 1 aromatic carbocycles. The van der Waals surface area contributed by atoms with E-state index in [1.807, 2.05) is 49.4 Å². The number of amides is 1. The zero-order valence-corrected chi connectivity index (χ0v) is 11.6. The molecular formula is C16H20N2O2. The summed E-state index contributed by atoms with van der Waals surface area (Å²) in [6, 6.07) is 13.4. The summed E-state index contributed by atoms with van der Waals surface area (Å²) in [5, 5.41) is 2.94. The molecule has 4 heteroatoms. The molecule has 0 saturated carbocycles. The summed E-state index contributed by atoms with van der Waals surface area (Å²) in [4.78, 5) is 12.3. The van der Waals surface area contributed by atoms with Crippen LogP contribution in [0.4, 0.5) is 0 Å². The quantitative estimate of drug-likeness (QED) is 0.847. The van der Waals surface area contributed by atoms with Crippen molar-refractivity contribution >= 4 is 5.91 Å². The Morgan fingerprint density at radius 3 is 2.60 bits per heavy atom. The Morgan fingerprint density at radius 1 is 1.25 bits per heavy atom. The lowest BCUT2D eigenvalue weighted by Crippen LogP contribution is -2.37. The second kappa shape index (κ2) is 6.91. The van der Waals surface area contributed by atoms with Crippen LogP contribution in [0.1, 0.15) is 24.3 Å². The zero-order chi connectivity index (χ0) is 14.4. The van der Waals surface area contributed by atoms with E-state index in [4.69, 9.17) is 10.2 Å². The van der Waals surface area contributed by atoms with Crippen molar-refractivity contribution in [1.29, 1.82) is 0 Å². The average molecular weight is 272 g/mol. The van der Waals surface area contributed by atoms with E-state index in [2.05, 4.69) is 5.32 Å². The molecule has 20 heavy (non-hydrogen) atoms. The number of carbonyl (C=O) groups is 1. The summed E-state index contributed by atoms with van der Waals surface area (Å²) >= 11 is 0. The molecule has 2 unspecified atom stereocenters. The first-order valence-electron chi connectivity index (χ1n) is 6.78. The van der Waals surface area contributed by atoms with E-state index in [1.165, 1.54) is 0 Å². The van der Waals surface area contributed by atoms with Crippen LogP contribution in [0.25, 0.3) is 0 Å². The average Bonchev–Trinajstić information content (AvgIpc) is 3.00. The highest BCUT2D eigenvalue weighted by molar-refractivity contribution is 5.79. The van der Waals surface area contributed by atoms with E-state index in [1.54, 1.807) is 6.26 Å². The molecule has 0 radical (unpaired) electrons. The summed E-state index contributed by atoms with van der Waals surface area (Å²) in [6.45, 7) is 2.22. The largest absolute Gasteiger partial charge is 0.467 e. The van der Waals surface area contributed by atoms with Gasteiger partial charge >= 0.3 is 0 Å². The molecule has 2 aromatic rings. The highest BCUT2D eigenvalue weighted by Gasteiger charge is 2.20. The Balaban J connectivity index is 1.95. The van der Waals surface area contributed by atoms with E-state index in [-0.39, 0.29) is 17.9 Å². The van der Waals surface area contributed by atoms with Crippen LogP contribution >= 0.6 is 0 Å². The predicted octanol–water partition coefficient (Wildman–Crippen LogP) is 2.27. The predicted molar refractivity (Wildman–Crippen MR) is 78.0 cm³/mol. The van der Waals surface area contributed by atoms with Gasteiger partial charge in [-0.3, -0.25) is 4.79 Å². The molecule has 0 bridgehead atoms. The van der Waals surface area contributed by atoms with Gasteiger partial charge in [0.15, 0.2) is 0 Å². The van der Waals surface area contributed by atoms with E-state index in [0.717, 1.165) is 11.3 Å². The van der Waals surface area contributed by atoms with Crippen molar-refractivity contribution in [2.45, 2.75) is 19.4 Å². The van der Waals surface area contributed by atoms with Gasteiger partial charge in [0.25, 0.3) is 0 Å². The zero-order valence-electron chi connectivity index (χ0n) is 11.6. The van der Waals surface area contributed by atoms with E-state index >= 15 is 0 Å². The molecule has 1 amide bonds. The smallest absolute Gasteiger partial charge is 0.225 e. The number of benzene rings is 1. The number of rotatable bonds is 6. The maximum atomic E-state index is 12.3. The van der Waals surface area contributed by atoms with Gasteiger partial charge in [0.05, 0.1) is 18.2 Å². The topological polar surface area (TPSA) is 68.3 Å². The minimum atomic E-state index is -0.227. The summed E-state index contributed by atoms with van der Waals surface area (Å²) in [6.07, 6.45) is 2.25. The third-order valence-electron chi connectivity index (χ3n) is 3.31. The highest BCUT2D eigenvalue weighted by Crippen LogP contribution is 2.14. The fourth-order valence-corrected chi connectivity index (χ4v) is 2.12. The molecule has 0 aliphatic rings. The number of nitrogens with two attached hydrogens (primary N) is 1. The van der Waals surface area contributed by atoms with Gasteiger partial charge in [-0.05, 0) is 31.0 Å². The SMILES string of the molecule is CC(NC(=O)C(CN)Cc1ccccc1)c1ccco1. The van der Waals surface area contributed by atoms with Gasteiger partial charge in [-0.15, -0.1) is 0 Å². The molecule has 0 saturated heterocycles. The maximum absolute atomic E-state index is 12.3. The van der Waals surface area contributed by atoms with Crippen molar-refractivity contribution in [2.24, 2.45) is 11.7 Å². The first-order chi connectivity index (χ1) is 9.70. The third kappa shape index (κ3) is 3.71. The van der Waals surface area contributed by atoms with Crippen molar-refractivity contribution in [1.82, 2.24) is 5.32 Å². The Morgan fingerprint density at radius 2 is 2.00 bits per heavy atom. The first kappa shape index (κ1) is 14.3. The van der Waals surface area contributed by atoms with Crippen molar-refractivity contribution in [3.8, 4) is 0 Å². The Hall–Kier alpha value is -2.07. The van der Waals surface area contributed by atoms with Gasteiger partial charge in [0.1, 0.15) is 5.76 Å². The fourth-order valence-electron chi connectivity index (χ4n) is 2.12. The van der Waals surface area contributed by atoms with Gasteiger partial charge in [-0.1, -0.05) is 30.3 Å². The van der Waals surface area contributed by atoms with Crippen LogP contribution in [0.3, 0.4) is 0 Å². The molecule has 1 aromatic heterocycles. The van der Waals surface area contributed by atoms with Gasteiger partial charge < -0.3 is 15.5 Å². The van der Waals surface area contributed by atoms with Gasteiger partial charge in [-0.2, -0.15) is 0 Å². The lowest BCUT2D eigenvalue weighted by molar-refractivity contribution is -0.125. The molecule has 3 N–H and O–H groups in total. The monoisotopic (exact) mass is 272 g/mol. The van der Waals surface area contributed by atoms with E-state index in [0.29, 0.717) is 13.0 Å². The van der Waals surface area contributed by atoms with Gasteiger partial charge in [-0.25, -0.2) is 0 Å². The Kier molecular flexibility index (Phi) is 4.96. The van der Waals surface area contributed by atoms with Crippen LogP contribution in [0.2, 0.25) is 0 Å². The molecule has 0 aliphatic carbocycles. The minimum Gasteiger partial charge on any atom is -0.467 e. The number of carbonyl (C=O) groups excluding carboxylic acids is 1. The van der Waals surface area contributed by atoms with Crippen LogP contribution < -0.4 is 11.1 Å². The summed E-state index contributed by atoms with van der Waals surface area (Å²) in [5.41, 5.74) is 6.85. The van der Waals surface area contributed by atoms with Crippen molar-refractivity contribution in [3.63, 3.8) is 0 Å². The number of hydrogen-bond acceptors (Lipinski definition) is 3. The molecule has 1 heterocycles. The van der Waals surface area contributed by atoms with Crippen LogP contribution in [0.5, 0.6) is 0 Å². The molecule has 0 spiro atoms. The summed E-state index contributed by atoms with van der Waals surface area (Å²) in [5.74, 6) is 0.476. The second-order valence-electron chi connectivity index (χ2n) is 4.87. The molecule has 2 atom stereocenters. The normalized spacial score (nSPS) is 13.7. The van der Waals surface area contributed by atoms with E-state index < -0.39 is 0 Å². The van der Waals surface area contributed by atoms with Crippen molar-refractivity contribution < 1.29 is 9.21 Å². The molecule has 2 rings (SSSR count). The molecular weight excluding hydrogens is 252 g/mol. The minimum absolute atomic E-state index is 0.0414. The summed E-state index contributed by atoms with van der Waals surface area (Å²) in [7, 11) is 0. The fraction of sp³-hybridized carbons (Fsp3) is 0.312. The first-order valence-corrected chi connectivity index (χ1v) is 6.78. The van der Waals surface area contributed by atoms with Crippen LogP contribution in [0.15, 0.2) is 53.1 Å². The van der Waals surface area contributed by atoms with Crippen molar-refractivity contribution in [3.05, 3.63) is 60.1 Å². The van der Waals surface area contributed by atoms with Crippen LogP contribution in [0, 0.1) is 5.92 Å². The second-order valence-corrected chi connectivity index (χ2v) is 4.87.